The van der Waals surface area contributed by atoms with Crippen molar-refractivity contribution in [2.75, 3.05) is 0 Å². The number of hydrogen-bond acceptors (Lipinski definition) is 6. The molecule has 0 atom stereocenters. The van der Waals surface area contributed by atoms with Crippen molar-refractivity contribution >= 4 is 57.3 Å². The van der Waals surface area contributed by atoms with Crippen LogP contribution in [-0.4, -0.2) is 39.9 Å². The summed E-state index contributed by atoms with van der Waals surface area (Å²) in [5, 5.41) is 3.79. The van der Waals surface area contributed by atoms with Crippen molar-refractivity contribution in [1.29, 1.82) is 0 Å². The molecule has 0 unspecified atom stereocenters. The normalized spacial score (nSPS) is 11.9. The number of nitrogens with one attached hydrogen (secondary N) is 2. The van der Waals surface area contributed by atoms with Gasteiger partial charge in [-0.2, -0.15) is 0 Å². The molecular formula is C32H17ClN8Ti. The van der Waals surface area contributed by atoms with Crippen molar-refractivity contribution in [2.24, 2.45) is 0 Å². The number of H-pyrrole nitrogens is 2. The van der Waals surface area contributed by atoms with Gasteiger partial charge in [0.1, 0.15) is 0 Å². The second-order valence-corrected chi connectivity index (χ2v) is 12.0. The second-order valence-electron chi connectivity index (χ2n) is 10.1. The van der Waals surface area contributed by atoms with Gasteiger partial charge in [0, 0.05) is 0 Å². The van der Waals surface area contributed by atoms with Gasteiger partial charge in [-0.1, -0.05) is 6.07 Å². The van der Waals surface area contributed by atoms with E-state index in [2.05, 4.69) is 16.0 Å². The summed E-state index contributed by atoms with van der Waals surface area (Å²) in [6.07, 6.45) is 0. The number of hydrogen-bond donors (Lipinski definition) is 2. The van der Waals surface area contributed by atoms with E-state index in [9.17, 15) is 0 Å². The van der Waals surface area contributed by atoms with Gasteiger partial charge in [-0.05, 0) is 0 Å². The van der Waals surface area contributed by atoms with E-state index in [1.54, 1.807) is 0 Å². The van der Waals surface area contributed by atoms with Gasteiger partial charge in [0.15, 0.2) is 0 Å². The number of halogens is 1. The molecule has 0 aliphatic carbocycles. The average Bonchev–Trinajstić information content (AvgIpc) is 3.76. The molecule has 0 radical (unpaired) electrons. The molecule has 196 valence electrons. The summed E-state index contributed by atoms with van der Waals surface area (Å²) < 4.78 is 1.07. The van der Waals surface area contributed by atoms with Gasteiger partial charge in [-0.15, -0.1) is 0 Å². The Bertz CT molecular complexity index is 2420. The molecule has 9 rings (SSSR count). The van der Waals surface area contributed by atoms with Crippen LogP contribution < -0.4 is 3.87 Å². The summed E-state index contributed by atoms with van der Waals surface area (Å²) in [4.78, 5) is 37.0. The van der Waals surface area contributed by atoms with Gasteiger partial charge < -0.3 is 0 Å². The van der Waals surface area contributed by atoms with Crippen molar-refractivity contribution in [3.05, 3.63) is 91.0 Å². The Hall–Kier alpha value is -4.76. The molecule has 42 heavy (non-hydrogen) atoms. The van der Waals surface area contributed by atoms with Gasteiger partial charge in [-0.3, -0.25) is 0 Å². The quantitative estimate of drug-likeness (QED) is 0.203. The van der Waals surface area contributed by atoms with Crippen molar-refractivity contribution < 1.29 is 18.1 Å². The Balaban J connectivity index is 1.52. The minimum atomic E-state index is -0.897. The Kier molecular flexibility index (Phi) is 5.19. The molecule has 0 saturated heterocycles. The molecule has 2 N–H and O–H groups in total. The van der Waals surface area contributed by atoms with Crippen molar-refractivity contribution in [2.45, 2.75) is 0 Å². The van der Waals surface area contributed by atoms with Gasteiger partial charge in [0.05, 0.1) is 0 Å². The number of fused-ring (bicyclic) bond motifs is 20. The fraction of sp³-hybridized carbons (Fsp3) is 0. The van der Waals surface area contributed by atoms with Crippen LogP contribution in [0, 0.1) is 0 Å². The minimum absolute atomic E-state index is 0.579. The molecule has 8 nitrogen and oxygen atoms in total. The first-order valence-electron chi connectivity index (χ1n) is 13.3. The Morgan fingerprint density at radius 1 is 0.429 bits per heavy atom. The van der Waals surface area contributed by atoms with E-state index in [0.717, 1.165) is 47.7 Å². The molecule has 4 aromatic carbocycles. The summed E-state index contributed by atoms with van der Waals surface area (Å²) in [6, 6.07) is 30.2. The Labute approximate surface area is 250 Å². The number of benzene rings is 4. The monoisotopic (exact) mass is 596 g/mol. The number of aromatic nitrogens is 8. The van der Waals surface area contributed by atoms with Crippen molar-refractivity contribution in [3.8, 4) is 45.6 Å². The van der Waals surface area contributed by atoms with Gasteiger partial charge in [0.25, 0.3) is 0 Å². The molecule has 2 aliphatic heterocycles. The topological polar surface area (TPSA) is 109 Å². The van der Waals surface area contributed by atoms with Gasteiger partial charge >= 0.3 is 246 Å². The van der Waals surface area contributed by atoms with Crippen LogP contribution in [0.15, 0.2) is 91.0 Å². The third kappa shape index (κ3) is 3.53. The van der Waals surface area contributed by atoms with Crippen LogP contribution >= 0.6 is 9.30 Å². The van der Waals surface area contributed by atoms with E-state index in [0.29, 0.717) is 45.9 Å². The summed E-state index contributed by atoms with van der Waals surface area (Å²) in [5.74, 6) is 2.33. The predicted molar refractivity (Wildman–Crippen MR) is 162 cm³/mol. The molecule has 0 fully saturated rings. The van der Waals surface area contributed by atoms with Crippen molar-refractivity contribution in [1.82, 2.24) is 39.9 Å². The first kappa shape index (κ1) is 23.9. The first-order chi connectivity index (χ1) is 20.7. The molecule has 0 spiro atoms. The summed E-state index contributed by atoms with van der Waals surface area (Å²) in [5.41, 5.74) is 6.34. The molecule has 0 saturated carbocycles. The molecule has 0 amide bonds. The molecule has 5 heterocycles. The van der Waals surface area contributed by atoms with E-state index in [1.165, 1.54) is 0 Å². The van der Waals surface area contributed by atoms with Crippen LogP contribution in [0.25, 0.3) is 89.7 Å². The third-order valence-corrected chi connectivity index (χ3v) is 9.49. The van der Waals surface area contributed by atoms with Crippen LogP contribution in [-0.2, 0) is 18.1 Å². The summed E-state index contributed by atoms with van der Waals surface area (Å²) >= 11 is -0.897. The van der Waals surface area contributed by atoms with Gasteiger partial charge in [-0.25, -0.2) is 0 Å². The molecule has 3 aromatic heterocycles. The molecule has 10 heteroatoms. The fourth-order valence-corrected chi connectivity index (χ4v) is 7.21. The molecule has 8 bridgehead atoms. The maximum atomic E-state index is 6.55. The van der Waals surface area contributed by atoms with Crippen LogP contribution in [0.2, 0.25) is 0 Å². The summed E-state index contributed by atoms with van der Waals surface area (Å²) in [7, 11) is 6.55. The van der Waals surface area contributed by atoms with Crippen LogP contribution in [0.5, 0.6) is 0 Å². The maximum absolute atomic E-state index is 6.55. The zero-order valence-corrected chi connectivity index (χ0v) is 24.0. The van der Waals surface area contributed by atoms with E-state index < -0.39 is 18.1 Å². The van der Waals surface area contributed by atoms with Crippen LogP contribution in [0.4, 0.5) is 0 Å². The van der Waals surface area contributed by atoms with E-state index in [-0.39, 0.29) is 0 Å². The van der Waals surface area contributed by atoms with E-state index >= 15 is 0 Å². The number of aromatic amines is 2. The van der Waals surface area contributed by atoms with Crippen LogP contribution in [0.3, 0.4) is 0 Å². The second kappa shape index (κ2) is 9.12. The van der Waals surface area contributed by atoms with E-state index in [4.69, 9.17) is 39.2 Å². The predicted octanol–water partition coefficient (Wildman–Crippen LogP) is 6.73. The Morgan fingerprint density at radius 3 is 1.33 bits per heavy atom. The third-order valence-electron chi connectivity index (χ3n) is 7.68. The van der Waals surface area contributed by atoms with E-state index in [1.807, 2.05) is 84.9 Å². The van der Waals surface area contributed by atoms with Gasteiger partial charge in [0.2, 0.25) is 0 Å². The van der Waals surface area contributed by atoms with Crippen molar-refractivity contribution in [3.63, 3.8) is 0 Å². The zero-order valence-electron chi connectivity index (χ0n) is 21.7. The number of nitrogens with zero attached hydrogens (tertiary/aromatic N) is 6. The molecule has 2 aliphatic rings. The zero-order chi connectivity index (χ0) is 27.8. The first-order valence-corrected chi connectivity index (χ1v) is 16.3. The average molecular weight is 597 g/mol. The number of rotatable bonds is 1. The Morgan fingerprint density at radius 2 is 0.833 bits per heavy atom. The standard InChI is InChI=1S/C32H17N8.ClH.Ti/c1-2-10-18-17(9-1)25-33-26(18)38-28-21-13-5-6-14-22(21)30(35-28)40-32-24-16-8-7-15-23(24)31(36-32)39-29-20-12-4-3-11-19(20)27(34-29)37-25;;/h1-15H,(H2,33,34,35,36,37,38,39,40);1H;/q;;+1/p-1. The van der Waals surface area contributed by atoms with Crippen LogP contribution in [0.1, 0.15) is 0 Å². The SMILES string of the molecule is [Cl][Ti][c]1cccc2c3nc4nc(nc5[nH]c(nc6nc(nc([nH]3)c12)-c1ccccc1-6)c1ccccc51)-c1ccccc1-4. The fourth-order valence-electron chi connectivity index (χ4n) is 5.77. The summed E-state index contributed by atoms with van der Waals surface area (Å²) in [6.45, 7) is 0. The molecular weight excluding hydrogens is 580 g/mol. The molecule has 7 aromatic rings.